The van der Waals surface area contributed by atoms with Crippen molar-refractivity contribution in [3.63, 3.8) is 0 Å². The van der Waals surface area contributed by atoms with E-state index in [0.717, 1.165) is 57.0 Å². The van der Waals surface area contributed by atoms with Crippen LogP contribution in [0.25, 0.3) is 10.9 Å². The number of hydrogen-bond donors (Lipinski definition) is 1. The number of benzene rings is 1. The van der Waals surface area contributed by atoms with E-state index in [-0.39, 0.29) is 5.56 Å². The van der Waals surface area contributed by atoms with Crippen LogP contribution in [0.3, 0.4) is 0 Å². The van der Waals surface area contributed by atoms with Gasteiger partial charge in [-0.3, -0.25) is 0 Å². The van der Waals surface area contributed by atoms with E-state index in [1.165, 1.54) is 28.9 Å². The SMILES string of the molecule is CCN(CCc1cn(C)c2ccc(Cl)cc12)CC1CCN(c2ncc(C(=O)O)cn2)CC1. The zero-order valence-electron chi connectivity index (χ0n) is 18.7. The highest BCUT2D eigenvalue weighted by molar-refractivity contribution is 6.31. The molecule has 170 valence electrons. The Bertz CT molecular complexity index is 1070. The molecular formula is C24H30ClN5O2. The van der Waals surface area contributed by atoms with Gasteiger partial charge in [0.25, 0.3) is 0 Å². The van der Waals surface area contributed by atoms with E-state index < -0.39 is 5.97 Å². The average Bonchev–Trinajstić information content (AvgIpc) is 3.11. The van der Waals surface area contributed by atoms with Crippen molar-refractivity contribution < 1.29 is 9.90 Å². The number of rotatable bonds is 8. The summed E-state index contributed by atoms with van der Waals surface area (Å²) in [5, 5.41) is 11.0. The van der Waals surface area contributed by atoms with Gasteiger partial charge in [0.15, 0.2) is 0 Å². The molecule has 0 saturated carbocycles. The summed E-state index contributed by atoms with van der Waals surface area (Å²) in [5.74, 6) is 0.267. The summed E-state index contributed by atoms with van der Waals surface area (Å²) in [6.07, 6.45) is 8.18. The van der Waals surface area contributed by atoms with Crippen LogP contribution < -0.4 is 4.90 Å². The summed E-state index contributed by atoms with van der Waals surface area (Å²) in [4.78, 5) is 24.1. The molecule has 1 fully saturated rings. The maximum atomic E-state index is 11.0. The van der Waals surface area contributed by atoms with Gasteiger partial charge < -0.3 is 19.5 Å². The lowest BCUT2D eigenvalue weighted by Gasteiger charge is -2.34. The van der Waals surface area contributed by atoms with Gasteiger partial charge in [0, 0.05) is 67.7 Å². The average molecular weight is 456 g/mol. The minimum absolute atomic E-state index is 0.121. The van der Waals surface area contributed by atoms with Crippen molar-refractivity contribution in [1.82, 2.24) is 19.4 Å². The number of likely N-dealkylation sites (N-methyl/N-ethyl adjacent to an activating group) is 1. The van der Waals surface area contributed by atoms with Crippen LogP contribution in [0.5, 0.6) is 0 Å². The first kappa shape index (κ1) is 22.6. The molecule has 8 heteroatoms. The molecule has 3 heterocycles. The van der Waals surface area contributed by atoms with Crippen LogP contribution in [-0.4, -0.2) is 63.2 Å². The molecule has 1 aromatic carbocycles. The number of hydrogen-bond acceptors (Lipinski definition) is 5. The zero-order valence-corrected chi connectivity index (χ0v) is 19.4. The van der Waals surface area contributed by atoms with Gasteiger partial charge in [-0.25, -0.2) is 14.8 Å². The summed E-state index contributed by atoms with van der Waals surface area (Å²) in [5.41, 5.74) is 2.69. The lowest BCUT2D eigenvalue weighted by Crippen LogP contribution is -2.40. The van der Waals surface area contributed by atoms with Gasteiger partial charge in [-0.15, -0.1) is 0 Å². The molecule has 7 nitrogen and oxygen atoms in total. The number of carboxylic acid groups (broad SMARTS) is 1. The molecule has 0 unspecified atom stereocenters. The Morgan fingerprint density at radius 2 is 1.97 bits per heavy atom. The Balaban J connectivity index is 1.30. The summed E-state index contributed by atoms with van der Waals surface area (Å²) in [6.45, 7) is 7.18. The molecule has 0 amide bonds. The third-order valence-electron chi connectivity index (χ3n) is 6.48. The van der Waals surface area contributed by atoms with Crippen LogP contribution in [0.2, 0.25) is 5.02 Å². The maximum Gasteiger partial charge on any atom is 0.338 e. The topological polar surface area (TPSA) is 74.5 Å². The first-order valence-electron chi connectivity index (χ1n) is 11.2. The predicted molar refractivity (Wildman–Crippen MR) is 128 cm³/mol. The number of aromatic nitrogens is 3. The van der Waals surface area contributed by atoms with E-state index in [0.29, 0.717) is 11.9 Å². The minimum Gasteiger partial charge on any atom is -0.478 e. The van der Waals surface area contributed by atoms with Gasteiger partial charge in [0.2, 0.25) is 5.95 Å². The van der Waals surface area contributed by atoms with Crippen LogP contribution >= 0.6 is 11.6 Å². The fourth-order valence-electron chi connectivity index (χ4n) is 4.58. The molecular weight excluding hydrogens is 426 g/mol. The predicted octanol–water partition coefficient (Wildman–Crippen LogP) is 4.10. The number of aromatic carboxylic acids is 1. The number of carbonyl (C=O) groups is 1. The summed E-state index contributed by atoms with van der Waals surface area (Å²) in [7, 11) is 2.09. The molecule has 0 bridgehead atoms. The van der Waals surface area contributed by atoms with Gasteiger partial charge in [-0.05, 0) is 55.5 Å². The van der Waals surface area contributed by atoms with Gasteiger partial charge in [0.05, 0.1) is 5.56 Å². The molecule has 1 aliphatic rings. The van der Waals surface area contributed by atoms with E-state index in [2.05, 4.69) is 56.6 Å². The van der Waals surface area contributed by atoms with Crippen molar-refractivity contribution in [3.05, 3.63) is 52.9 Å². The third kappa shape index (κ3) is 5.05. The van der Waals surface area contributed by atoms with E-state index in [1.807, 2.05) is 6.07 Å². The van der Waals surface area contributed by atoms with Crippen LogP contribution in [0, 0.1) is 5.92 Å². The highest BCUT2D eigenvalue weighted by Gasteiger charge is 2.23. The number of anilines is 1. The van der Waals surface area contributed by atoms with Gasteiger partial charge in [-0.1, -0.05) is 18.5 Å². The number of carboxylic acids is 1. The first-order valence-corrected chi connectivity index (χ1v) is 11.6. The Kier molecular flexibility index (Phi) is 6.96. The minimum atomic E-state index is -0.999. The largest absolute Gasteiger partial charge is 0.478 e. The maximum absolute atomic E-state index is 11.0. The summed E-state index contributed by atoms with van der Waals surface area (Å²) >= 11 is 6.24. The van der Waals surface area contributed by atoms with Crippen molar-refractivity contribution in [3.8, 4) is 0 Å². The zero-order chi connectivity index (χ0) is 22.7. The Morgan fingerprint density at radius 1 is 1.25 bits per heavy atom. The third-order valence-corrected chi connectivity index (χ3v) is 6.71. The fourth-order valence-corrected chi connectivity index (χ4v) is 4.75. The molecule has 0 spiro atoms. The Labute approximate surface area is 193 Å². The van der Waals surface area contributed by atoms with E-state index >= 15 is 0 Å². The summed E-state index contributed by atoms with van der Waals surface area (Å²) < 4.78 is 2.18. The quantitative estimate of drug-likeness (QED) is 0.551. The van der Waals surface area contributed by atoms with Crippen molar-refractivity contribution in [2.24, 2.45) is 13.0 Å². The Hall–Kier alpha value is -2.64. The molecule has 4 rings (SSSR count). The van der Waals surface area contributed by atoms with Crippen LogP contribution in [0.4, 0.5) is 5.95 Å². The number of piperidine rings is 1. The smallest absolute Gasteiger partial charge is 0.338 e. The summed E-state index contributed by atoms with van der Waals surface area (Å²) in [6, 6.07) is 6.11. The lowest BCUT2D eigenvalue weighted by molar-refractivity contribution is 0.0696. The van der Waals surface area contributed by atoms with E-state index in [9.17, 15) is 4.79 Å². The highest BCUT2D eigenvalue weighted by Crippen LogP contribution is 2.26. The van der Waals surface area contributed by atoms with Gasteiger partial charge in [-0.2, -0.15) is 0 Å². The second-order valence-corrected chi connectivity index (χ2v) is 9.01. The van der Waals surface area contributed by atoms with Crippen molar-refractivity contribution in [2.45, 2.75) is 26.2 Å². The molecule has 0 atom stereocenters. The first-order chi connectivity index (χ1) is 15.4. The van der Waals surface area contributed by atoms with Crippen molar-refractivity contribution >= 4 is 34.4 Å². The molecule has 1 saturated heterocycles. The number of halogens is 1. The van der Waals surface area contributed by atoms with Crippen LogP contribution in [0.15, 0.2) is 36.8 Å². The molecule has 1 aliphatic heterocycles. The van der Waals surface area contributed by atoms with Crippen molar-refractivity contribution in [2.75, 3.05) is 37.6 Å². The fraction of sp³-hybridized carbons (Fsp3) is 0.458. The second-order valence-electron chi connectivity index (χ2n) is 8.58. The monoisotopic (exact) mass is 455 g/mol. The van der Waals surface area contributed by atoms with Crippen LogP contribution in [-0.2, 0) is 13.5 Å². The molecule has 1 N–H and O–H groups in total. The van der Waals surface area contributed by atoms with Gasteiger partial charge in [0.1, 0.15) is 0 Å². The molecule has 3 aromatic rings. The molecule has 32 heavy (non-hydrogen) atoms. The Morgan fingerprint density at radius 3 is 2.62 bits per heavy atom. The van der Waals surface area contributed by atoms with E-state index in [1.54, 1.807) is 0 Å². The standard InChI is InChI=1S/C24H30ClN5O2/c1-3-29(9-8-18-16-28(2)22-5-4-20(25)12-21(18)22)15-17-6-10-30(11-7-17)24-26-13-19(14-27-24)23(31)32/h4-5,12-14,16-17H,3,6-11,15H2,1-2H3,(H,31,32). The molecule has 0 aliphatic carbocycles. The van der Waals surface area contributed by atoms with Crippen LogP contribution in [0.1, 0.15) is 35.7 Å². The van der Waals surface area contributed by atoms with Crippen molar-refractivity contribution in [1.29, 1.82) is 0 Å². The number of fused-ring (bicyclic) bond motifs is 1. The lowest BCUT2D eigenvalue weighted by atomic mass is 9.96. The highest BCUT2D eigenvalue weighted by atomic mass is 35.5. The van der Waals surface area contributed by atoms with Gasteiger partial charge >= 0.3 is 5.97 Å². The number of aryl methyl sites for hydroxylation is 1. The number of nitrogens with zero attached hydrogens (tertiary/aromatic N) is 5. The van der Waals surface area contributed by atoms with E-state index in [4.69, 9.17) is 16.7 Å². The normalized spacial score (nSPS) is 15.1. The molecule has 0 radical (unpaired) electrons. The second kappa shape index (κ2) is 9.88. The molecule has 2 aromatic heterocycles.